The Labute approximate surface area is 186 Å². The van der Waals surface area contributed by atoms with Gasteiger partial charge in [0.2, 0.25) is 11.8 Å². The summed E-state index contributed by atoms with van der Waals surface area (Å²) in [5, 5.41) is 7.90. The van der Waals surface area contributed by atoms with E-state index in [0.29, 0.717) is 37.0 Å². The lowest BCUT2D eigenvalue weighted by atomic mass is 10.1. The van der Waals surface area contributed by atoms with Crippen LogP contribution in [0.15, 0.2) is 29.6 Å². The summed E-state index contributed by atoms with van der Waals surface area (Å²) in [5.41, 5.74) is 2.64. The predicted molar refractivity (Wildman–Crippen MR) is 122 cm³/mol. The van der Waals surface area contributed by atoms with Gasteiger partial charge < -0.3 is 15.1 Å². The number of hydrogen-bond acceptors (Lipinski definition) is 5. The number of amides is 4. The number of anilines is 2. The largest absolute Gasteiger partial charge is 0.339 e. The number of rotatable bonds is 7. The van der Waals surface area contributed by atoms with E-state index in [2.05, 4.69) is 22.5 Å². The number of aromatic nitrogens is 1. The van der Waals surface area contributed by atoms with Crippen LogP contribution < -0.4 is 10.6 Å². The average molecular weight is 444 g/mol. The molecule has 3 rings (SSSR count). The summed E-state index contributed by atoms with van der Waals surface area (Å²) in [7, 11) is 0. The van der Waals surface area contributed by atoms with E-state index in [0.717, 1.165) is 24.9 Å². The SMILES string of the molecule is CCCCc1ccc(NC(=O)Cc2csc(NC(=O)N3CCN(C(C)=O)CC3)n2)cc1. The van der Waals surface area contributed by atoms with Crippen LogP contribution in [0.25, 0.3) is 0 Å². The zero-order valence-corrected chi connectivity index (χ0v) is 18.8. The first-order valence-electron chi connectivity index (χ1n) is 10.6. The van der Waals surface area contributed by atoms with Gasteiger partial charge in [-0.05, 0) is 30.5 Å². The number of carbonyl (C=O) groups excluding carboxylic acids is 3. The molecule has 1 aromatic heterocycles. The van der Waals surface area contributed by atoms with Crippen LogP contribution in [0.5, 0.6) is 0 Å². The zero-order valence-electron chi connectivity index (χ0n) is 18.0. The van der Waals surface area contributed by atoms with Crippen LogP contribution in [0.4, 0.5) is 15.6 Å². The Morgan fingerprint density at radius 3 is 2.35 bits per heavy atom. The van der Waals surface area contributed by atoms with Gasteiger partial charge in [-0.15, -0.1) is 11.3 Å². The number of thiazole rings is 1. The summed E-state index contributed by atoms with van der Waals surface area (Å²) >= 11 is 1.29. The van der Waals surface area contributed by atoms with Crippen molar-refractivity contribution in [2.24, 2.45) is 0 Å². The Kier molecular flexibility index (Phi) is 8.00. The molecule has 0 aliphatic carbocycles. The molecule has 2 N–H and O–H groups in total. The second-order valence-corrected chi connectivity index (χ2v) is 8.45. The van der Waals surface area contributed by atoms with Crippen molar-refractivity contribution < 1.29 is 14.4 Å². The van der Waals surface area contributed by atoms with Crippen molar-refractivity contribution in [1.29, 1.82) is 0 Å². The summed E-state index contributed by atoms with van der Waals surface area (Å²) in [6, 6.07) is 7.68. The van der Waals surface area contributed by atoms with Gasteiger partial charge in [0.15, 0.2) is 5.13 Å². The topological polar surface area (TPSA) is 94.6 Å². The van der Waals surface area contributed by atoms with E-state index in [9.17, 15) is 14.4 Å². The molecule has 1 aliphatic rings. The van der Waals surface area contributed by atoms with Crippen molar-refractivity contribution in [3.05, 3.63) is 40.9 Å². The highest BCUT2D eigenvalue weighted by Crippen LogP contribution is 2.18. The highest BCUT2D eigenvalue weighted by molar-refractivity contribution is 7.13. The van der Waals surface area contributed by atoms with Gasteiger partial charge in [-0.2, -0.15) is 0 Å². The van der Waals surface area contributed by atoms with E-state index in [1.165, 1.54) is 23.8 Å². The Hall–Kier alpha value is -2.94. The molecule has 166 valence electrons. The van der Waals surface area contributed by atoms with E-state index < -0.39 is 0 Å². The fourth-order valence-electron chi connectivity index (χ4n) is 3.35. The number of unbranched alkanes of at least 4 members (excludes halogenated alkanes) is 1. The number of nitrogens with one attached hydrogen (secondary N) is 2. The Balaban J connectivity index is 1.45. The Morgan fingerprint density at radius 1 is 1.03 bits per heavy atom. The van der Waals surface area contributed by atoms with Crippen LogP contribution in [-0.2, 0) is 22.4 Å². The number of aryl methyl sites for hydroxylation is 1. The normalized spacial score (nSPS) is 13.7. The molecule has 0 atom stereocenters. The molecule has 31 heavy (non-hydrogen) atoms. The van der Waals surface area contributed by atoms with Crippen LogP contribution in [0.2, 0.25) is 0 Å². The van der Waals surface area contributed by atoms with E-state index in [-0.39, 0.29) is 24.3 Å². The number of benzene rings is 1. The number of urea groups is 1. The average Bonchev–Trinajstić information content (AvgIpc) is 3.19. The maximum Gasteiger partial charge on any atom is 0.323 e. The van der Waals surface area contributed by atoms with Crippen LogP contribution in [0, 0.1) is 0 Å². The van der Waals surface area contributed by atoms with Crippen molar-refractivity contribution in [2.75, 3.05) is 36.8 Å². The number of hydrogen-bond donors (Lipinski definition) is 2. The maximum absolute atomic E-state index is 12.4. The molecule has 0 unspecified atom stereocenters. The number of piperazine rings is 1. The summed E-state index contributed by atoms with van der Waals surface area (Å²) in [5.74, 6) is -0.125. The molecule has 1 aromatic carbocycles. The minimum Gasteiger partial charge on any atom is -0.339 e. The predicted octanol–water partition coefficient (Wildman–Crippen LogP) is 3.36. The maximum atomic E-state index is 12.4. The lowest BCUT2D eigenvalue weighted by Gasteiger charge is -2.33. The van der Waals surface area contributed by atoms with Crippen molar-refractivity contribution in [1.82, 2.24) is 14.8 Å². The Bertz CT molecular complexity index is 904. The zero-order chi connectivity index (χ0) is 22.2. The van der Waals surface area contributed by atoms with Crippen LogP contribution in [0.1, 0.15) is 37.9 Å². The van der Waals surface area contributed by atoms with Gasteiger partial charge in [0.1, 0.15) is 0 Å². The third-order valence-electron chi connectivity index (χ3n) is 5.18. The first-order chi connectivity index (χ1) is 14.9. The lowest BCUT2D eigenvalue weighted by molar-refractivity contribution is -0.130. The molecular formula is C22H29N5O3S. The molecule has 1 fully saturated rings. The minimum atomic E-state index is -0.239. The molecular weight excluding hydrogens is 414 g/mol. The smallest absolute Gasteiger partial charge is 0.323 e. The van der Waals surface area contributed by atoms with Gasteiger partial charge >= 0.3 is 6.03 Å². The first-order valence-corrected chi connectivity index (χ1v) is 11.5. The molecule has 1 aliphatic heterocycles. The molecule has 0 bridgehead atoms. The number of nitrogens with zero attached hydrogens (tertiary/aromatic N) is 3. The Morgan fingerprint density at radius 2 is 1.71 bits per heavy atom. The van der Waals surface area contributed by atoms with E-state index in [1.54, 1.807) is 15.2 Å². The van der Waals surface area contributed by atoms with E-state index in [1.807, 2.05) is 24.3 Å². The van der Waals surface area contributed by atoms with Crippen molar-refractivity contribution in [2.45, 2.75) is 39.5 Å². The quantitative estimate of drug-likeness (QED) is 0.686. The fraction of sp³-hybridized carbons (Fsp3) is 0.455. The fourth-order valence-corrected chi connectivity index (χ4v) is 4.05. The van der Waals surface area contributed by atoms with E-state index in [4.69, 9.17) is 0 Å². The summed E-state index contributed by atoms with van der Waals surface area (Å²) in [6.45, 7) is 5.75. The second kappa shape index (κ2) is 10.9. The van der Waals surface area contributed by atoms with E-state index >= 15 is 0 Å². The third kappa shape index (κ3) is 6.78. The van der Waals surface area contributed by atoms with Crippen molar-refractivity contribution in [3.8, 4) is 0 Å². The van der Waals surface area contributed by atoms with Gasteiger partial charge in [-0.1, -0.05) is 25.5 Å². The highest BCUT2D eigenvalue weighted by Gasteiger charge is 2.23. The van der Waals surface area contributed by atoms with Crippen LogP contribution >= 0.6 is 11.3 Å². The third-order valence-corrected chi connectivity index (χ3v) is 5.98. The summed E-state index contributed by atoms with van der Waals surface area (Å²) in [6.07, 6.45) is 3.50. The highest BCUT2D eigenvalue weighted by atomic mass is 32.1. The number of carbonyl (C=O) groups is 3. The van der Waals surface area contributed by atoms with Gasteiger partial charge in [0.25, 0.3) is 0 Å². The summed E-state index contributed by atoms with van der Waals surface area (Å²) < 4.78 is 0. The standard InChI is InChI=1S/C22H29N5O3S/c1-3-4-5-17-6-8-18(9-7-17)23-20(29)14-19-15-31-21(24-19)25-22(30)27-12-10-26(11-13-27)16(2)28/h6-9,15H,3-5,10-14H2,1-2H3,(H,23,29)(H,24,25,30). The molecule has 9 heteroatoms. The van der Waals surface area contributed by atoms with Crippen LogP contribution in [0.3, 0.4) is 0 Å². The van der Waals surface area contributed by atoms with Gasteiger partial charge in [-0.3, -0.25) is 14.9 Å². The molecule has 1 saturated heterocycles. The lowest BCUT2D eigenvalue weighted by Crippen LogP contribution is -2.51. The van der Waals surface area contributed by atoms with Gasteiger partial charge in [0.05, 0.1) is 12.1 Å². The first kappa shape index (κ1) is 22.7. The molecule has 8 nitrogen and oxygen atoms in total. The monoisotopic (exact) mass is 443 g/mol. The summed E-state index contributed by atoms with van der Waals surface area (Å²) in [4.78, 5) is 43.9. The van der Waals surface area contributed by atoms with Crippen molar-refractivity contribution >= 4 is 40.0 Å². The molecule has 4 amide bonds. The molecule has 0 spiro atoms. The van der Waals surface area contributed by atoms with Gasteiger partial charge in [-0.25, -0.2) is 9.78 Å². The van der Waals surface area contributed by atoms with Gasteiger partial charge in [0, 0.05) is 44.2 Å². The van der Waals surface area contributed by atoms with Crippen molar-refractivity contribution in [3.63, 3.8) is 0 Å². The molecule has 2 heterocycles. The molecule has 2 aromatic rings. The second-order valence-electron chi connectivity index (χ2n) is 7.59. The molecule has 0 radical (unpaired) electrons. The molecule has 0 saturated carbocycles. The van der Waals surface area contributed by atoms with Crippen LogP contribution in [-0.4, -0.2) is 58.8 Å². The minimum absolute atomic E-state index is 0.0235.